The van der Waals surface area contributed by atoms with Gasteiger partial charge in [0.05, 0.1) is 0 Å². The summed E-state index contributed by atoms with van der Waals surface area (Å²) in [6.45, 7) is 7.27. The van der Waals surface area contributed by atoms with Crippen LogP contribution in [-0.4, -0.2) is 13.1 Å². The summed E-state index contributed by atoms with van der Waals surface area (Å²) >= 11 is 0. The maximum absolute atomic E-state index is 3.57. The third kappa shape index (κ3) is 1.44. The first-order valence-corrected chi connectivity index (χ1v) is 4.93. The molecule has 0 radical (unpaired) electrons. The Morgan fingerprint density at radius 2 is 2.09 bits per heavy atom. The standard InChI is InChI=1S/C10H19N/c1-8(2)9-5-10(3-4-10)7-11-6-9/h8-9,11H,3-7H2,1-2H3. The van der Waals surface area contributed by atoms with Crippen molar-refractivity contribution in [3.8, 4) is 0 Å². The van der Waals surface area contributed by atoms with Gasteiger partial charge in [0.15, 0.2) is 0 Å². The zero-order valence-corrected chi connectivity index (χ0v) is 7.69. The lowest BCUT2D eigenvalue weighted by Gasteiger charge is -2.32. The zero-order chi connectivity index (χ0) is 7.90. The quantitative estimate of drug-likeness (QED) is 0.608. The van der Waals surface area contributed by atoms with Gasteiger partial charge in [-0.05, 0) is 43.1 Å². The van der Waals surface area contributed by atoms with Crippen LogP contribution < -0.4 is 5.32 Å². The molecule has 64 valence electrons. The molecule has 1 aliphatic heterocycles. The van der Waals surface area contributed by atoms with Gasteiger partial charge < -0.3 is 5.32 Å². The molecule has 1 heteroatoms. The largest absolute Gasteiger partial charge is 0.316 e. The second kappa shape index (κ2) is 2.48. The third-order valence-electron chi connectivity index (χ3n) is 3.50. The maximum atomic E-state index is 3.57. The molecule has 1 heterocycles. The lowest BCUT2D eigenvalue weighted by molar-refractivity contribution is 0.218. The minimum atomic E-state index is 0.771. The van der Waals surface area contributed by atoms with Crippen molar-refractivity contribution in [2.24, 2.45) is 17.3 Å². The molecule has 2 aliphatic rings. The number of nitrogens with one attached hydrogen (secondary N) is 1. The van der Waals surface area contributed by atoms with E-state index in [1.807, 2.05) is 0 Å². The Hall–Kier alpha value is -0.0400. The van der Waals surface area contributed by atoms with Crippen LogP contribution in [0.3, 0.4) is 0 Å². The molecule has 0 aromatic carbocycles. The molecule has 11 heavy (non-hydrogen) atoms. The van der Waals surface area contributed by atoms with Gasteiger partial charge in [-0.3, -0.25) is 0 Å². The van der Waals surface area contributed by atoms with Gasteiger partial charge in [0, 0.05) is 6.54 Å². The lowest BCUT2D eigenvalue weighted by Crippen LogP contribution is -2.39. The van der Waals surface area contributed by atoms with Gasteiger partial charge in [0.25, 0.3) is 0 Å². The van der Waals surface area contributed by atoms with E-state index in [0.717, 1.165) is 17.3 Å². The van der Waals surface area contributed by atoms with E-state index in [4.69, 9.17) is 0 Å². The molecule has 1 atom stereocenters. The first-order chi connectivity index (χ1) is 5.22. The summed E-state index contributed by atoms with van der Waals surface area (Å²) in [6.07, 6.45) is 4.48. The number of rotatable bonds is 1. The Bertz CT molecular complexity index is 147. The van der Waals surface area contributed by atoms with Gasteiger partial charge in [-0.1, -0.05) is 13.8 Å². The van der Waals surface area contributed by atoms with E-state index in [1.54, 1.807) is 0 Å². The van der Waals surface area contributed by atoms with Gasteiger partial charge in [0.2, 0.25) is 0 Å². The fraction of sp³-hybridized carbons (Fsp3) is 1.00. The van der Waals surface area contributed by atoms with E-state index in [0.29, 0.717) is 0 Å². The molecule has 0 aromatic rings. The van der Waals surface area contributed by atoms with Crippen LogP contribution in [0.2, 0.25) is 0 Å². The van der Waals surface area contributed by atoms with E-state index >= 15 is 0 Å². The highest BCUT2D eigenvalue weighted by Crippen LogP contribution is 2.52. The van der Waals surface area contributed by atoms with Crippen LogP contribution >= 0.6 is 0 Å². The van der Waals surface area contributed by atoms with E-state index in [-0.39, 0.29) is 0 Å². The Balaban J connectivity index is 1.93. The molecule has 0 amide bonds. The Morgan fingerprint density at radius 3 is 2.64 bits per heavy atom. The minimum Gasteiger partial charge on any atom is -0.316 e. The second-order valence-electron chi connectivity index (χ2n) is 4.84. The van der Waals surface area contributed by atoms with Crippen LogP contribution in [-0.2, 0) is 0 Å². The van der Waals surface area contributed by atoms with Crippen LogP contribution in [0.25, 0.3) is 0 Å². The molecule has 1 spiro atoms. The normalized spacial score (nSPS) is 34.6. The molecule has 1 N–H and O–H groups in total. The molecular weight excluding hydrogens is 134 g/mol. The molecule has 2 rings (SSSR count). The first-order valence-electron chi connectivity index (χ1n) is 4.93. The summed E-state index contributed by atoms with van der Waals surface area (Å²) in [6, 6.07) is 0. The minimum absolute atomic E-state index is 0.771. The van der Waals surface area contributed by atoms with Gasteiger partial charge in [-0.15, -0.1) is 0 Å². The first kappa shape index (κ1) is 7.60. The summed E-state index contributed by atoms with van der Waals surface area (Å²) in [4.78, 5) is 0. The fourth-order valence-corrected chi connectivity index (χ4v) is 2.25. The number of piperidine rings is 1. The van der Waals surface area contributed by atoms with E-state index in [1.165, 1.54) is 32.4 Å². The molecule has 1 unspecified atom stereocenters. The van der Waals surface area contributed by atoms with Crippen LogP contribution in [0, 0.1) is 17.3 Å². The summed E-state index contributed by atoms with van der Waals surface area (Å²) in [5.74, 6) is 1.83. The summed E-state index contributed by atoms with van der Waals surface area (Å²) in [5, 5.41) is 3.57. The highest BCUT2D eigenvalue weighted by atomic mass is 14.9. The highest BCUT2D eigenvalue weighted by Gasteiger charge is 2.46. The van der Waals surface area contributed by atoms with Crippen molar-refractivity contribution in [3.63, 3.8) is 0 Å². The van der Waals surface area contributed by atoms with Gasteiger partial charge in [0.1, 0.15) is 0 Å². The van der Waals surface area contributed by atoms with Crippen LogP contribution in [0.15, 0.2) is 0 Å². The molecule has 2 fully saturated rings. The van der Waals surface area contributed by atoms with Crippen molar-refractivity contribution in [2.75, 3.05) is 13.1 Å². The molecule has 1 nitrogen and oxygen atoms in total. The van der Waals surface area contributed by atoms with Crippen LogP contribution in [0.1, 0.15) is 33.1 Å². The van der Waals surface area contributed by atoms with E-state index < -0.39 is 0 Å². The molecule has 0 aromatic heterocycles. The predicted octanol–water partition coefficient (Wildman–Crippen LogP) is 2.03. The molecule has 1 aliphatic carbocycles. The average molecular weight is 153 g/mol. The smallest absolute Gasteiger partial charge is 0.000804 e. The third-order valence-corrected chi connectivity index (χ3v) is 3.50. The van der Waals surface area contributed by atoms with E-state index in [2.05, 4.69) is 19.2 Å². The fourth-order valence-electron chi connectivity index (χ4n) is 2.25. The van der Waals surface area contributed by atoms with Crippen molar-refractivity contribution in [1.29, 1.82) is 0 Å². The molecule has 1 saturated heterocycles. The van der Waals surface area contributed by atoms with Crippen LogP contribution in [0.5, 0.6) is 0 Å². The summed E-state index contributed by atoms with van der Waals surface area (Å²) in [7, 11) is 0. The van der Waals surface area contributed by atoms with Gasteiger partial charge >= 0.3 is 0 Å². The van der Waals surface area contributed by atoms with Crippen molar-refractivity contribution in [3.05, 3.63) is 0 Å². The number of hydrogen-bond acceptors (Lipinski definition) is 1. The molecular formula is C10H19N. The Labute approximate surface area is 69.6 Å². The van der Waals surface area contributed by atoms with Crippen molar-refractivity contribution >= 4 is 0 Å². The van der Waals surface area contributed by atoms with Crippen LogP contribution in [0.4, 0.5) is 0 Å². The van der Waals surface area contributed by atoms with Gasteiger partial charge in [-0.2, -0.15) is 0 Å². The van der Waals surface area contributed by atoms with Crippen molar-refractivity contribution in [2.45, 2.75) is 33.1 Å². The predicted molar refractivity (Wildman–Crippen MR) is 47.5 cm³/mol. The average Bonchev–Trinajstić information content (AvgIpc) is 2.69. The van der Waals surface area contributed by atoms with Gasteiger partial charge in [-0.25, -0.2) is 0 Å². The summed E-state index contributed by atoms with van der Waals surface area (Å²) in [5.41, 5.74) is 0.771. The molecule has 0 bridgehead atoms. The second-order valence-corrected chi connectivity index (χ2v) is 4.84. The van der Waals surface area contributed by atoms with Crippen molar-refractivity contribution in [1.82, 2.24) is 5.32 Å². The Morgan fingerprint density at radius 1 is 1.36 bits per heavy atom. The monoisotopic (exact) mass is 153 g/mol. The lowest BCUT2D eigenvalue weighted by atomic mass is 9.81. The summed E-state index contributed by atoms with van der Waals surface area (Å²) < 4.78 is 0. The topological polar surface area (TPSA) is 12.0 Å². The van der Waals surface area contributed by atoms with E-state index in [9.17, 15) is 0 Å². The van der Waals surface area contributed by atoms with Crippen molar-refractivity contribution < 1.29 is 0 Å². The zero-order valence-electron chi connectivity index (χ0n) is 7.69. The number of hydrogen-bond donors (Lipinski definition) is 1. The highest BCUT2D eigenvalue weighted by molar-refractivity contribution is 4.99. The molecule has 1 saturated carbocycles. The Kier molecular flexibility index (Phi) is 1.71. The maximum Gasteiger partial charge on any atom is 0.000804 e. The SMILES string of the molecule is CC(C)C1CNCC2(CC2)C1.